The monoisotopic (exact) mass is 338 g/mol. The lowest BCUT2D eigenvalue weighted by atomic mass is 9.75. The van der Waals surface area contributed by atoms with Gasteiger partial charge in [0, 0.05) is 24.7 Å². The summed E-state index contributed by atoms with van der Waals surface area (Å²) in [5.41, 5.74) is 4.08. The molecule has 0 radical (unpaired) electrons. The van der Waals surface area contributed by atoms with Crippen LogP contribution in [0.2, 0.25) is 0 Å². The van der Waals surface area contributed by atoms with Crippen molar-refractivity contribution in [2.24, 2.45) is 0 Å². The number of nitrogens with zero attached hydrogens (tertiary/aromatic N) is 2. The van der Waals surface area contributed by atoms with Gasteiger partial charge in [-0.2, -0.15) is 0 Å². The van der Waals surface area contributed by atoms with Gasteiger partial charge in [-0.3, -0.25) is 9.78 Å². The number of ether oxygens (including phenoxy) is 1. The predicted octanol–water partition coefficient (Wildman–Crippen LogP) is 3.76. The number of benzene rings is 1. The third-order valence-electron chi connectivity index (χ3n) is 4.99. The molecule has 0 atom stereocenters. The predicted molar refractivity (Wildman–Crippen MR) is 99.2 cm³/mol. The summed E-state index contributed by atoms with van der Waals surface area (Å²) in [4.78, 5) is 18.8. The largest absolute Gasteiger partial charge is 0.494 e. The van der Waals surface area contributed by atoms with E-state index in [1.807, 2.05) is 30.0 Å². The second-order valence-electron chi connectivity index (χ2n) is 7.04. The molecule has 4 nitrogen and oxygen atoms in total. The maximum atomic E-state index is 12.7. The molecule has 25 heavy (non-hydrogen) atoms. The molecule has 1 aliphatic heterocycles. The molecule has 0 unspecified atom stereocenters. The SMILES string of the molecule is CCOc1ccc(C2(C)CN(C(=O)c3cc(CC)ccn3)C2)cc1C. The van der Waals surface area contributed by atoms with Crippen molar-refractivity contribution in [1.82, 2.24) is 9.88 Å². The van der Waals surface area contributed by atoms with E-state index in [0.29, 0.717) is 12.3 Å². The molecule has 0 N–H and O–H groups in total. The molecule has 0 saturated carbocycles. The summed E-state index contributed by atoms with van der Waals surface area (Å²) >= 11 is 0. The van der Waals surface area contributed by atoms with Gasteiger partial charge in [-0.15, -0.1) is 0 Å². The minimum atomic E-state index is -0.00642. The lowest BCUT2D eigenvalue weighted by Crippen LogP contribution is -2.59. The van der Waals surface area contributed by atoms with Crippen LogP contribution in [0.4, 0.5) is 0 Å². The van der Waals surface area contributed by atoms with Gasteiger partial charge in [0.1, 0.15) is 11.4 Å². The van der Waals surface area contributed by atoms with Crippen LogP contribution in [-0.4, -0.2) is 35.5 Å². The summed E-state index contributed by atoms with van der Waals surface area (Å²) in [6.07, 6.45) is 2.63. The molecular formula is C21H26N2O2. The zero-order valence-corrected chi connectivity index (χ0v) is 15.5. The average Bonchev–Trinajstić information content (AvgIpc) is 2.60. The van der Waals surface area contributed by atoms with Gasteiger partial charge in [-0.05, 0) is 55.2 Å². The van der Waals surface area contributed by atoms with Crippen LogP contribution in [0, 0.1) is 6.92 Å². The zero-order chi connectivity index (χ0) is 18.0. The third kappa shape index (κ3) is 3.39. The number of hydrogen-bond donors (Lipinski definition) is 0. The van der Waals surface area contributed by atoms with E-state index in [1.165, 1.54) is 5.56 Å². The lowest BCUT2D eigenvalue weighted by Gasteiger charge is -2.48. The molecule has 1 amide bonds. The summed E-state index contributed by atoms with van der Waals surface area (Å²) in [5.74, 6) is 0.957. The van der Waals surface area contributed by atoms with Gasteiger partial charge in [0.05, 0.1) is 6.61 Å². The van der Waals surface area contributed by atoms with E-state index in [9.17, 15) is 4.79 Å². The smallest absolute Gasteiger partial charge is 0.272 e. The molecule has 0 aliphatic carbocycles. The van der Waals surface area contributed by atoms with Crippen LogP contribution in [0.15, 0.2) is 36.5 Å². The summed E-state index contributed by atoms with van der Waals surface area (Å²) in [6, 6.07) is 10.2. The summed E-state index contributed by atoms with van der Waals surface area (Å²) in [7, 11) is 0. The average molecular weight is 338 g/mol. The van der Waals surface area contributed by atoms with Crippen LogP contribution in [0.3, 0.4) is 0 Å². The van der Waals surface area contributed by atoms with E-state index in [2.05, 4.69) is 37.9 Å². The molecule has 4 heteroatoms. The van der Waals surface area contributed by atoms with Crippen molar-refractivity contribution in [2.45, 2.75) is 39.5 Å². The van der Waals surface area contributed by atoms with Crippen LogP contribution in [-0.2, 0) is 11.8 Å². The molecule has 1 saturated heterocycles. The Morgan fingerprint density at radius 1 is 1.24 bits per heavy atom. The number of rotatable bonds is 5. The Labute approximate surface area is 149 Å². The van der Waals surface area contributed by atoms with E-state index in [-0.39, 0.29) is 11.3 Å². The molecule has 0 spiro atoms. The first kappa shape index (κ1) is 17.5. The topological polar surface area (TPSA) is 42.4 Å². The van der Waals surface area contributed by atoms with Gasteiger partial charge >= 0.3 is 0 Å². The van der Waals surface area contributed by atoms with E-state index in [4.69, 9.17) is 4.74 Å². The summed E-state index contributed by atoms with van der Waals surface area (Å²) < 4.78 is 5.62. The van der Waals surface area contributed by atoms with Crippen molar-refractivity contribution < 1.29 is 9.53 Å². The van der Waals surface area contributed by atoms with E-state index in [0.717, 1.165) is 36.4 Å². The van der Waals surface area contributed by atoms with Crippen molar-refractivity contribution in [1.29, 1.82) is 0 Å². The van der Waals surface area contributed by atoms with Crippen molar-refractivity contribution in [2.75, 3.05) is 19.7 Å². The van der Waals surface area contributed by atoms with Gasteiger partial charge in [0.15, 0.2) is 0 Å². The summed E-state index contributed by atoms with van der Waals surface area (Å²) in [6.45, 7) is 10.5. The maximum absolute atomic E-state index is 12.7. The molecule has 132 valence electrons. The van der Waals surface area contributed by atoms with Crippen LogP contribution in [0.1, 0.15) is 48.0 Å². The highest BCUT2D eigenvalue weighted by Gasteiger charge is 2.43. The van der Waals surface area contributed by atoms with Crippen molar-refractivity contribution in [3.05, 3.63) is 58.9 Å². The minimum Gasteiger partial charge on any atom is -0.494 e. The number of carbonyl (C=O) groups is 1. The van der Waals surface area contributed by atoms with Gasteiger partial charge in [-0.25, -0.2) is 0 Å². The first-order chi connectivity index (χ1) is 12.0. The van der Waals surface area contributed by atoms with E-state index < -0.39 is 0 Å². The minimum absolute atomic E-state index is 0.00642. The molecular weight excluding hydrogens is 312 g/mol. The quantitative estimate of drug-likeness (QED) is 0.833. The van der Waals surface area contributed by atoms with Gasteiger partial charge < -0.3 is 9.64 Å². The van der Waals surface area contributed by atoms with Gasteiger partial charge in [-0.1, -0.05) is 26.0 Å². The number of aromatic nitrogens is 1. The Morgan fingerprint density at radius 2 is 2.00 bits per heavy atom. The van der Waals surface area contributed by atoms with Gasteiger partial charge in [0.25, 0.3) is 5.91 Å². The number of hydrogen-bond acceptors (Lipinski definition) is 3. The Morgan fingerprint density at radius 3 is 2.64 bits per heavy atom. The van der Waals surface area contributed by atoms with Gasteiger partial charge in [0.2, 0.25) is 0 Å². The van der Waals surface area contributed by atoms with E-state index >= 15 is 0 Å². The molecule has 1 aromatic carbocycles. The normalized spacial score (nSPS) is 15.6. The fourth-order valence-corrected chi connectivity index (χ4v) is 3.44. The Bertz CT molecular complexity index is 779. The number of aryl methyl sites for hydroxylation is 2. The molecule has 3 rings (SSSR count). The van der Waals surface area contributed by atoms with Crippen LogP contribution in [0.25, 0.3) is 0 Å². The fraction of sp³-hybridized carbons (Fsp3) is 0.429. The van der Waals surface area contributed by atoms with Crippen LogP contribution >= 0.6 is 0 Å². The van der Waals surface area contributed by atoms with Crippen molar-refractivity contribution in [3.63, 3.8) is 0 Å². The van der Waals surface area contributed by atoms with Crippen molar-refractivity contribution in [3.8, 4) is 5.75 Å². The van der Waals surface area contributed by atoms with Crippen molar-refractivity contribution >= 4 is 5.91 Å². The number of carbonyl (C=O) groups excluding carboxylic acids is 1. The molecule has 1 aliphatic rings. The lowest BCUT2D eigenvalue weighted by molar-refractivity contribution is 0.0427. The zero-order valence-electron chi connectivity index (χ0n) is 15.5. The van der Waals surface area contributed by atoms with Crippen LogP contribution in [0.5, 0.6) is 5.75 Å². The molecule has 0 bridgehead atoms. The molecule has 1 aromatic heterocycles. The number of pyridine rings is 1. The first-order valence-corrected chi connectivity index (χ1v) is 8.95. The highest BCUT2D eigenvalue weighted by atomic mass is 16.5. The molecule has 2 aromatic rings. The number of likely N-dealkylation sites (tertiary alicyclic amines) is 1. The Balaban J connectivity index is 1.71. The fourth-order valence-electron chi connectivity index (χ4n) is 3.44. The Hall–Kier alpha value is -2.36. The molecule has 2 heterocycles. The highest BCUT2D eigenvalue weighted by Crippen LogP contribution is 2.36. The second-order valence-corrected chi connectivity index (χ2v) is 7.04. The standard InChI is InChI=1S/C21H26N2O2/c1-5-16-9-10-22-18(12-16)20(24)23-13-21(4,14-23)17-7-8-19(25-6-2)15(3)11-17/h7-12H,5-6,13-14H2,1-4H3. The van der Waals surface area contributed by atoms with E-state index in [1.54, 1.807) is 6.20 Å². The molecule has 1 fully saturated rings. The van der Waals surface area contributed by atoms with Crippen LogP contribution < -0.4 is 4.74 Å². The maximum Gasteiger partial charge on any atom is 0.272 e. The third-order valence-corrected chi connectivity index (χ3v) is 4.99. The number of amides is 1. The summed E-state index contributed by atoms with van der Waals surface area (Å²) in [5, 5.41) is 0. The first-order valence-electron chi connectivity index (χ1n) is 8.95. The Kier molecular flexibility index (Phi) is 4.80. The highest BCUT2D eigenvalue weighted by molar-refractivity contribution is 5.93. The second kappa shape index (κ2) is 6.87.